The third-order valence-corrected chi connectivity index (χ3v) is 5.78. The summed E-state index contributed by atoms with van der Waals surface area (Å²) in [5.41, 5.74) is 2.56. The third-order valence-electron chi connectivity index (χ3n) is 4.09. The second-order valence-corrected chi connectivity index (χ2v) is 8.33. The van der Waals surface area contributed by atoms with Crippen LogP contribution in [0.2, 0.25) is 0 Å². The van der Waals surface area contributed by atoms with Gasteiger partial charge in [0, 0.05) is 21.6 Å². The van der Waals surface area contributed by atoms with E-state index < -0.39 is 6.04 Å². The van der Waals surface area contributed by atoms with Crippen molar-refractivity contribution in [3.05, 3.63) is 56.5 Å². The van der Waals surface area contributed by atoms with E-state index in [1.54, 1.807) is 19.2 Å². The number of amides is 3. The molecule has 0 radical (unpaired) electrons. The maximum atomic E-state index is 13.0. The first-order chi connectivity index (χ1) is 12.5. The fraction of sp³-hybridized carbons (Fsp3) is 0.118. The van der Waals surface area contributed by atoms with Gasteiger partial charge < -0.3 is 16.0 Å². The van der Waals surface area contributed by atoms with Crippen LogP contribution in [-0.4, -0.2) is 22.1 Å². The smallest absolute Gasteiger partial charge is 0.319 e. The molecule has 132 valence electrons. The SMILES string of the molecule is CC1=C(C(=O)Nc2ccc3[nH]ncc3c2)C(c2ccc(Br)s2)NC(=O)N1. The Morgan fingerprint density at radius 2 is 2.15 bits per heavy atom. The van der Waals surface area contributed by atoms with Crippen LogP contribution >= 0.6 is 27.3 Å². The highest BCUT2D eigenvalue weighted by Crippen LogP contribution is 2.34. The maximum absolute atomic E-state index is 13.0. The van der Waals surface area contributed by atoms with Crippen LogP contribution in [0.3, 0.4) is 0 Å². The van der Waals surface area contributed by atoms with E-state index in [0.29, 0.717) is 17.0 Å². The molecule has 1 unspecified atom stereocenters. The molecule has 26 heavy (non-hydrogen) atoms. The van der Waals surface area contributed by atoms with Crippen LogP contribution in [-0.2, 0) is 4.79 Å². The maximum Gasteiger partial charge on any atom is 0.319 e. The van der Waals surface area contributed by atoms with Gasteiger partial charge in [0.15, 0.2) is 0 Å². The number of aromatic nitrogens is 2. The number of fused-ring (bicyclic) bond motifs is 1. The molecule has 0 spiro atoms. The summed E-state index contributed by atoms with van der Waals surface area (Å²) >= 11 is 4.90. The molecule has 3 aromatic rings. The Morgan fingerprint density at radius 3 is 2.92 bits per heavy atom. The lowest BCUT2D eigenvalue weighted by Gasteiger charge is -2.27. The number of hydrogen-bond acceptors (Lipinski definition) is 4. The lowest BCUT2D eigenvalue weighted by molar-refractivity contribution is -0.113. The fourth-order valence-corrected chi connectivity index (χ4v) is 4.40. The number of carbonyl (C=O) groups is 2. The van der Waals surface area contributed by atoms with Crippen LogP contribution in [0.4, 0.5) is 10.5 Å². The van der Waals surface area contributed by atoms with Gasteiger partial charge in [0.25, 0.3) is 5.91 Å². The first-order valence-electron chi connectivity index (χ1n) is 7.79. The van der Waals surface area contributed by atoms with Crippen LogP contribution in [0.5, 0.6) is 0 Å². The van der Waals surface area contributed by atoms with Crippen LogP contribution in [0.1, 0.15) is 17.8 Å². The lowest BCUT2D eigenvalue weighted by atomic mass is 10.0. The zero-order chi connectivity index (χ0) is 18.3. The molecule has 4 N–H and O–H groups in total. The summed E-state index contributed by atoms with van der Waals surface area (Å²) in [6, 6.07) is 8.46. The number of carbonyl (C=O) groups excluding carboxylic acids is 2. The number of urea groups is 1. The van der Waals surface area contributed by atoms with Gasteiger partial charge in [-0.05, 0) is 53.2 Å². The molecule has 0 bridgehead atoms. The average molecular weight is 432 g/mol. The number of nitrogens with one attached hydrogen (secondary N) is 4. The van der Waals surface area contributed by atoms with Crippen molar-refractivity contribution in [1.82, 2.24) is 20.8 Å². The average Bonchev–Trinajstić information content (AvgIpc) is 3.22. The summed E-state index contributed by atoms with van der Waals surface area (Å²) in [6.45, 7) is 1.72. The molecule has 1 aliphatic rings. The standard InChI is InChI=1S/C17H14BrN5O2S/c1-8-14(15(22-17(25)20-8)12-4-5-13(18)26-12)16(24)21-10-2-3-11-9(6-10)7-19-23-11/h2-7,15H,1H3,(H,19,23)(H,21,24)(H2,20,22,25). The van der Waals surface area contributed by atoms with E-state index in [-0.39, 0.29) is 11.9 Å². The quantitative estimate of drug-likeness (QED) is 0.509. The Morgan fingerprint density at radius 1 is 1.31 bits per heavy atom. The lowest BCUT2D eigenvalue weighted by Crippen LogP contribution is -2.45. The number of hydrogen-bond donors (Lipinski definition) is 4. The molecule has 2 aromatic heterocycles. The highest BCUT2D eigenvalue weighted by atomic mass is 79.9. The molecule has 1 aromatic carbocycles. The van der Waals surface area contributed by atoms with Gasteiger partial charge in [-0.25, -0.2) is 4.79 Å². The van der Waals surface area contributed by atoms with Gasteiger partial charge in [0.1, 0.15) is 0 Å². The van der Waals surface area contributed by atoms with E-state index >= 15 is 0 Å². The summed E-state index contributed by atoms with van der Waals surface area (Å²) in [5, 5.41) is 16.2. The zero-order valence-corrected chi connectivity index (χ0v) is 16.0. The summed E-state index contributed by atoms with van der Waals surface area (Å²) in [7, 11) is 0. The summed E-state index contributed by atoms with van der Waals surface area (Å²) in [6.07, 6.45) is 1.70. The Balaban J connectivity index is 1.66. The summed E-state index contributed by atoms with van der Waals surface area (Å²) in [4.78, 5) is 25.7. The Kier molecular flexibility index (Phi) is 4.25. The van der Waals surface area contributed by atoms with E-state index in [0.717, 1.165) is 19.6 Å². The molecule has 3 heterocycles. The highest BCUT2D eigenvalue weighted by Gasteiger charge is 2.32. The molecule has 1 atom stereocenters. The molecular weight excluding hydrogens is 418 g/mol. The van der Waals surface area contributed by atoms with E-state index in [1.807, 2.05) is 24.3 Å². The van der Waals surface area contributed by atoms with Crippen molar-refractivity contribution in [3.63, 3.8) is 0 Å². The van der Waals surface area contributed by atoms with Crippen molar-refractivity contribution in [2.75, 3.05) is 5.32 Å². The number of allylic oxidation sites excluding steroid dienone is 1. The Bertz CT molecular complexity index is 1050. The van der Waals surface area contributed by atoms with Crippen LogP contribution < -0.4 is 16.0 Å². The van der Waals surface area contributed by atoms with E-state index in [2.05, 4.69) is 42.1 Å². The minimum atomic E-state index is -0.502. The first kappa shape index (κ1) is 16.8. The zero-order valence-electron chi connectivity index (χ0n) is 13.6. The van der Waals surface area contributed by atoms with Gasteiger partial charge in [-0.3, -0.25) is 9.89 Å². The molecule has 4 rings (SSSR count). The van der Waals surface area contributed by atoms with Crippen LogP contribution in [0.25, 0.3) is 10.9 Å². The van der Waals surface area contributed by atoms with Crippen LogP contribution in [0.15, 0.2) is 51.6 Å². The topological polar surface area (TPSA) is 98.9 Å². The summed E-state index contributed by atoms with van der Waals surface area (Å²) < 4.78 is 0.933. The molecule has 1 aliphatic heterocycles. The minimum Gasteiger partial charge on any atom is -0.326 e. The number of nitrogens with zero attached hydrogens (tertiary/aromatic N) is 1. The second kappa shape index (κ2) is 6.58. The predicted octanol–water partition coefficient (Wildman–Crippen LogP) is 3.65. The largest absolute Gasteiger partial charge is 0.326 e. The number of benzene rings is 1. The van der Waals surface area contributed by atoms with E-state index in [4.69, 9.17) is 0 Å². The molecule has 0 aliphatic carbocycles. The molecule has 7 nitrogen and oxygen atoms in total. The van der Waals surface area contributed by atoms with Gasteiger partial charge >= 0.3 is 6.03 Å². The molecule has 0 saturated carbocycles. The van der Waals surface area contributed by atoms with E-state index in [9.17, 15) is 9.59 Å². The molecule has 3 amide bonds. The number of aromatic amines is 1. The van der Waals surface area contributed by atoms with Crippen molar-refractivity contribution >= 4 is 55.8 Å². The number of halogens is 1. The predicted molar refractivity (Wildman–Crippen MR) is 104 cm³/mol. The van der Waals surface area contributed by atoms with Crippen molar-refractivity contribution < 1.29 is 9.59 Å². The fourth-order valence-electron chi connectivity index (χ4n) is 2.91. The highest BCUT2D eigenvalue weighted by molar-refractivity contribution is 9.11. The van der Waals surface area contributed by atoms with Crippen molar-refractivity contribution in [2.24, 2.45) is 0 Å². The monoisotopic (exact) mass is 431 g/mol. The third kappa shape index (κ3) is 3.11. The van der Waals surface area contributed by atoms with Gasteiger partial charge in [-0.2, -0.15) is 5.10 Å². The van der Waals surface area contributed by atoms with Crippen molar-refractivity contribution in [1.29, 1.82) is 0 Å². The minimum absolute atomic E-state index is 0.271. The second-order valence-electron chi connectivity index (χ2n) is 5.84. The first-order valence-corrected chi connectivity index (χ1v) is 9.40. The van der Waals surface area contributed by atoms with Crippen LogP contribution in [0, 0.1) is 0 Å². The van der Waals surface area contributed by atoms with Gasteiger partial charge in [0.05, 0.1) is 27.1 Å². The number of rotatable bonds is 3. The number of H-pyrrole nitrogens is 1. The molecule has 0 saturated heterocycles. The molecule has 9 heteroatoms. The van der Waals surface area contributed by atoms with Crippen molar-refractivity contribution in [2.45, 2.75) is 13.0 Å². The summed E-state index contributed by atoms with van der Waals surface area (Å²) in [5.74, 6) is -0.271. The van der Waals surface area contributed by atoms with E-state index in [1.165, 1.54) is 11.3 Å². The number of anilines is 1. The van der Waals surface area contributed by atoms with Gasteiger partial charge in [-0.15, -0.1) is 11.3 Å². The molecule has 0 fully saturated rings. The van der Waals surface area contributed by atoms with Gasteiger partial charge in [-0.1, -0.05) is 0 Å². The normalized spacial score (nSPS) is 17.2. The Hall–Kier alpha value is -2.65. The Labute approximate surface area is 161 Å². The van der Waals surface area contributed by atoms with Crippen molar-refractivity contribution in [3.8, 4) is 0 Å². The van der Waals surface area contributed by atoms with Gasteiger partial charge in [0.2, 0.25) is 0 Å². The number of thiophene rings is 1. The molecular formula is C17H14BrN5O2S.